The van der Waals surface area contributed by atoms with Crippen LogP contribution in [0.1, 0.15) is 0 Å². The van der Waals surface area contributed by atoms with Crippen molar-refractivity contribution in [2.45, 2.75) is 5.16 Å². The number of halogens is 1. The molecular weight excluding hydrogens is 381 g/mol. The number of nitrogens with one attached hydrogen (secondary N) is 1. The number of methoxy groups -OCH3 is 1. The number of hydrogen-bond acceptors (Lipinski definition) is 6. The van der Waals surface area contributed by atoms with Crippen LogP contribution >= 0.6 is 11.8 Å². The second-order valence-electron chi connectivity index (χ2n) is 6.02. The van der Waals surface area contributed by atoms with Crippen molar-refractivity contribution in [2.75, 3.05) is 18.2 Å². The van der Waals surface area contributed by atoms with E-state index >= 15 is 0 Å². The molecule has 0 spiro atoms. The number of anilines is 1. The number of aromatic nitrogens is 4. The molecule has 0 radical (unpaired) electrons. The molecule has 28 heavy (non-hydrogen) atoms. The lowest BCUT2D eigenvalue weighted by atomic mass is 10.2. The van der Waals surface area contributed by atoms with Crippen LogP contribution < -0.4 is 10.1 Å². The molecule has 4 aromatic rings. The largest absolute Gasteiger partial charge is 0.495 e. The smallest absolute Gasteiger partial charge is 0.234 e. The van der Waals surface area contributed by atoms with E-state index in [2.05, 4.69) is 20.5 Å². The molecule has 0 aliphatic heterocycles. The summed E-state index contributed by atoms with van der Waals surface area (Å²) in [5, 5.41) is 12.1. The minimum absolute atomic E-state index is 0.115. The molecular formula is C19H16FN5O2S. The zero-order chi connectivity index (χ0) is 19.7. The summed E-state index contributed by atoms with van der Waals surface area (Å²) in [7, 11) is 3.38. The molecule has 2 aromatic heterocycles. The highest BCUT2D eigenvalue weighted by Crippen LogP contribution is 2.27. The Bertz CT molecular complexity index is 1190. The van der Waals surface area contributed by atoms with Gasteiger partial charge in [0.1, 0.15) is 17.1 Å². The van der Waals surface area contributed by atoms with Crippen LogP contribution in [-0.4, -0.2) is 38.5 Å². The highest BCUT2D eigenvalue weighted by molar-refractivity contribution is 7.99. The van der Waals surface area contributed by atoms with Crippen molar-refractivity contribution < 1.29 is 13.9 Å². The Kier molecular flexibility index (Phi) is 4.82. The SMILES string of the molecule is COc1ccccc1NC(=O)CSc1nnc2c3cc(F)ccc3n(C)c2n1. The Labute approximate surface area is 163 Å². The maximum absolute atomic E-state index is 13.6. The molecule has 1 N–H and O–H groups in total. The fourth-order valence-corrected chi connectivity index (χ4v) is 3.52. The molecule has 0 aliphatic rings. The lowest BCUT2D eigenvalue weighted by Gasteiger charge is -2.09. The third kappa shape index (κ3) is 3.36. The number of carbonyl (C=O) groups is 1. The van der Waals surface area contributed by atoms with Crippen molar-refractivity contribution >= 4 is 45.4 Å². The van der Waals surface area contributed by atoms with Gasteiger partial charge in [0.2, 0.25) is 11.1 Å². The molecule has 0 atom stereocenters. The second kappa shape index (κ2) is 7.43. The molecule has 1 amide bonds. The van der Waals surface area contributed by atoms with Gasteiger partial charge in [-0.15, -0.1) is 10.2 Å². The van der Waals surface area contributed by atoms with E-state index in [1.165, 1.54) is 23.9 Å². The first kappa shape index (κ1) is 18.2. The van der Waals surface area contributed by atoms with E-state index in [1.54, 1.807) is 25.3 Å². The quantitative estimate of drug-likeness (QED) is 0.520. The normalized spacial score (nSPS) is 11.1. The van der Waals surface area contributed by atoms with E-state index in [0.29, 0.717) is 33.1 Å². The number of ether oxygens (including phenoxy) is 1. The number of para-hydroxylation sites is 2. The lowest BCUT2D eigenvalue weighted by Crippen LogP contribution is -2.15. The highest BCUT2D eigenvalue weighted by atomic mass is 32.2. The van der Waals surface area contributed by atoms with Crippen LogP contribution in [0.5, 0.6) is 5.75 Å². The van der Waals surface area contributed by atoms with E-state index in [-0.39, 0.29) is 17.5 Å². The van der Waals surface area contributed by atoms with Gasteiger partial charge in [0.25, 0.3) is 0 Å². The minimum atomic E-state index is -0.340. The number of thioether (sulfide) groups is 1. The first-order valence-corrected chi connectivity index (χ1v) is 9.39. The average Bonchev–Trinajstić information content (AvgIpc) is 2.98. The van der Waals surface area contributed by atoms with Crippen LogP contribution in [0.15, 0.2) is 47.6 Å². The Morgan fingerprint density at radius 2 is 2.07 bits per heavy atom. The summed E-state index contributed by atoms with van der Waals surface area (Å²) in [5.41, 5.74) is 2.53. The van der Waals surface area contributed by atoms with Crippen molar-refractivity contribution in [1.82, 2.24) is 19.7 Å². The number of hydrogen-bond donors (Lipinski definition) is 1. The molecule has 0 saturated carbocycles. The summed E-state index contributed by atoms with van der Waals surface area (Å²) < 4.78 is 20.6. The Balaban J connectivity index is 1.53. The Hall–Kier alpha value is -3.20. The molecule has 7 nitrogen and oxygen atoms in total. The number of rotatable bonds is 5. The fraction of sp³-hybridized carbons (Fsp3) is 0.158. The van der Waals surface area contributed by atoms with E-state index in [0.717, 1.165) is 5.52 Å². The summed E-state index contributed by atoms with van der Waals surface area (Å²) >= 11 is 1.17. The molecule has 2 aromatic carbocycles. The number of benzene rings is 2. The van der Waals surface area contributed by atoms with Crippen molar-refractivity contribution in [1.29, 1.82) is 0 Å². The predicted molar refractivity (Wildman–Crippen MR) is 106 cm³/mol. The van der Waals surface area contributed by atoms with Gasteiger partial charge in [-0.1, -0.05) is 23.9 Å². The third-order valence-corrected chi connectivity index (χ3v) is 5.09. The molecule has 0 fully saturated rings. The van der Waals surface area contributed by atoms with Gasteiger partial charge in [-0.2, -0.15) is 0 Å². The van der Waals surface area contributed by atoms with Gasteiger partial charge in [0.05, 0.1) is 24.1 Å². The first-order chi connectivity index (χ1) is 13.6. The molecule has 9 heteroatoms. The maximum atomic E-state index is 13.6. The standard InChI is InChI=1S/C19H16FN5O2S/c1-25-14-8-7-11(20)9-12(14)17-18(25)22-19(24-23-17)28-10-16(26)21-13-5-3-4-6-15(13)27-2/h3-9H,10H2,1-2H3,(H,21,26). The van der Waals surface area contributed by atoms with Crippen LogP contribution in [-0.2, 0) is 11.8 Å². The number of amides is 1. The predicted octanol–water partition coefficient (Wildman–Crippen LogP) is 3.40. The summed E-state index contributed by atoms with van der Waals surface area (Å²) in [6, 6.07) is 11.7. The van der Waals surface area contributed by atoms with E-state index in [4.69, 9.17) is 4.74 Å². The van der Waals surface area contributed by atoms with Gasteiger partial charge in [0, 0.05) is 12.4 Å². The second-order valence-corrected chi connectivity index (χ2v) is 6.97. The number of fused-ring (bicyclic) bond motifs is 3. The monoisotopic (exact) mass is 397 g/mol. The van der Waals surface area contributed by atoms with E-state index < -0.39 is 0 Å². The number of nitrogens with zero attached hydrogens (tertiary/aromatic N) is 4. The molecule has 2 heterocycles. The number of carbonyl (C=O) groups excluding carboxylic acids is 1. The Morgan fingerprint density at radius 1 is 1.25 bits per heavy atom. The van der Waals surface area contributed by atoms with Crippen molar-refractivity contribution in [3.8, 4) is 5.75 Å². The summed E-state index contributed by atoms with van der Waals surface area (Å²) in [5.74, 6) is 0.151. The fourth-order valence-electron chi connectivity index (χ4n) is 2.94. The minimum Gasteiger partial charge on any atom is -0.495 e. The van der Waals surface area contributed by atoms with E-state index in [9.17, 15) is 9.18 Å². The van der Waals surface area contributed by atoms with Crippen LogP contribution in [0.4, 0.5) is 10.1 Å². The van der Waals surface area contributed by atoms with Gasteiger partial charge >= 0.3 is 0 Å². The molecule has 4 rings (SSSR count). The lowest BCUT2D eigenvalue weighted by molar-refractivity contribution is -0.113. The average molecular weight is 397 g/mol. The summed E-state index contributed by atoms with van der Waals surface area (Å²) in [6.07, 6.45) is 0. The molecule has 0 saturated heterocycles. The molecule has 0 unspecified atom stereocenters. The van der Waals surface area contributed by atoms with Gasteiger partial charge in [-0.25, -0.2) is 9.37 Å². The van der Waals surface area contributed by atoms with Gasteiger partial charge < -0.3 is 14.6 Å². The van der Waals surface area contributed by atoms with Crippen LogP contribution in [0.2, 0.25) is 0 Å². The summed E-state index contributed by atoms with van der Waals surface area (Å²) in [4.78, 5) is 16.7. The number of aryl methyl sites for hydroxylation is 1. The highest BCUT2D eigenvalue weighted by Gasteiger charge is 2.15. The van der Waals surface area contributed by atoms with Gasteiger partial charge in [0.15, 0.2) is 5.65 Å². The first-order valence-electron chi connectivity index (χ1n) is 8.41. The van der Waals surface area contributed by atoms with Gasteiger partial charge in [-0.05, 0) is 30.3 Å². The topological polar surface area (TPSA) is 81.9 Å². The van der Waals surface area contributed by atoms with Crippen molar-refractivity contribution in [3.05, 3.63) is 48.3 Å². The molecule has 0 bridgehead atoms. The van der Waals surface area contributed by atoms with Crippen LogP contribution in [0, 0.1) is 5.82 Å². The van der Waals surface area contributed by atoms with Crippen LogP contribution in [0.3, 0.4) is 0 Å². The summed E-state index contributed by atoms with van der Waals surface area (Å²) in [6.45, 7) is 0. The van der Waals surface area contributed by atoms with Gasteiger partial charge in [-0.3, -0.25) is 4.79 Å². The zero-order valence-electron chi connectivity index (χ0n) is 15.1. The van der Waals surface area contributed by atoms with E-state index in [1.807, 2.05) is 23.7 Å². The van der Waals surface area contributed by atoms with Crippen molar-refractivity contribution in [3.63, 3.8) is 0 Å². The maximum Gasteiger partial charge on any atom is 0.234 e. The molecule has 0 aliphatic carbocycles. The van der Waals surface area contributed by atoms with Crippen LogP contribution in [0.25, 0.3) is 22.1 Å². The molecule has 142 valence electrons. The van der Waals surface area contributed by atoms with Crippen molar-refractivity contribution in [2.24, 2.45) is 7.05 Å². The zero-order valence-corrected chi connectivity index (χ0v) is 16.0. The third-order valence-electron chi connectivity index (χ3n) is 4.26. The Morgan fingerprint density at radius 3 is 2.89 bits per heavy atom.